The minimum atomic E-state index is -0.721. The predicted octanol–water partition coefficient (Wildman–Crippen LogP) is 2.57. The summed E-state index contributed by atoms with van der Waals surface area (Å²) in [6.45, 7) is 0. The number of para-hydroxylation sites is 1. The Kier molecular flexibility index (Phi) is 4.68. The maximum atomic E-state index is 11.8. The zero-order chi connectivity index (χ0) is 19.7. The number of hydrogen-bond donors (Lipinski definition) is 3. The Hall–Kier alpha value is -3.42. The number of carbonyl (C=O) groups excluding carboxylic acids is 1. The summed E-state index contributed by atoms with van der Waals surface area (Å²) in [7, 11) is 0. The van der Waals surface area contributed by atoms with E-state index < -0.39 is 11.9 Å². The highest BCUT2D eigenvalue weighted by Gasteiger charge is 2.26. The molecule has 0 bridgehead atoms. The molecule has 0 atom stereocenters. The molecule has 144 valence electrons. The average Bonchev–Trinajstić information content (AvgIpc) is 3.09. The number of benzene rings is 1. The number of anilines is 1. The van der Waals surface area contributed by atoms with Crippen molar-refractivity contribution in [1.29, 1.82) is 0 Å². The Bertz CT molecular complexity index is 1040. The number of aliphatic carboxylic acids is 1. The summed E-state index contributed by atoms with van der Waals surface area (Å²) >= 11 is 0. The number of nitrogens with two attached hydrogens (primary N) is 1. The van der Waals surface area contributed by atoms with Crippen LogP contribution in [0.4, 0.5) is 5.95 Å². The number of fused-ring (bicyclic) bond motifs is 1. The van der Waals surface area contributed by atoms with Crippen molar-refractivity contribution in [3.8, 4) is 5.82 Å². The molecule has 1 aliphatic rings. The number of nitrogens with zero attached hydrogens (tertiary/aromatic N) is 3. The van der Waals surface area contributed by atoms with E-state index in [1.807, 2.05) is 28.8 Å². The number of nitrogens with one attached hydrogen (secondary N) is 1. The molecule has 1 saturated carbocycles. The monoisotopic (exact) mass is 379 g/mol. The van der Waals surface area contributed by atoms with Gasteiger partial charge in [-0.1, -0.05) is 18.2 Å². The summed E-state index contributed by atoms with van der Waals surface area (Å²) in [6, 6.07) is 9.43. The van der Waals surface area contributed by atoms with E-state index in [0.29, 0.717) is 30.2 Å². The molecule has 2 heterocycles. The molecule has 3 aromatic rings. The van der Waals surface area contributed by atoms with Crippen molar-refractivity contribution < 1.29 is 14.7 Å². The van der Waals surface area contributed by atoms with Crippen molar-refractivity contribution in [2.75, 3.05) is 5.32 Å². The van der Waals surface area contributed by atoms with E-state index in [1.165, 1.54) is 0 Å². The van der Waals surface area contributed by atoms with E-state index in [1.54, 1.807) is 18.5 Å². The van der Waals surface area contributed by atoms with Gasteiger partial charge >= 0.3 is 5.97 Å². The molecule has 1 amide bonds. The quantitative estimate of drug-likeness (QED) is 0.626. The zero-order valence-electron chi connectivity index (χ0n) is 15.2. The molecule has 0 radical (unpaired) electrons. The Morgan fingerprint density at radius 3 is 2.61 bits per heavy atom. The number of carbonyl (C=O) groups is 2. The van der Waals surface area contributed by atoms with Crippen LogP contribution in [-0.4, -0.2) is 37.6 Å². The van der Waals surface area contributed by atoms with E-state index in [0.717, 1.165) is 23.7 Å². The largest absolute Gasteiger partial charge is 0.481 e. The SMILES string of the molecule is NC(=O)c1cn(-c2ccnc(NC3CCC(C(=O)O)CC3)n2)c2ccccc12. The molecule has 4 N–H and O–H groups in total. The van der Waals surface area contributed by atoms with Crippen LogP contribution in [0, 0.1) is 5.92 Å². The fraction of sp³-hybridized carbons (Fsp3) is 0.300. The molecule has 0 aliphatic heterocycles. The lowest BCUT2D eigenvalue weighted by molar-refractivity contribution is -0.142. The highest BCUT2D eigenvalue weighted by molar-refractivity contribution is 6.06. The molecule has 2 aromatic heterocycles. The normalized spacial score (nSPS) is 19.4. The van der Waals surface area contributed by atoms with Crippen LogP contribution in [0.3, 0.4) is 0 Å². The fourth-order valence-corrected chi connectivity index (χ4v) is 3.79. The van der Waals surface area contributed by atoms with E-state index in [-0.39, 0.29) is 12.0 Å². The number of primary amides is 1. The predicted molar refractivity (Wildman–Crippen MR) is 104 cm³/mol. The van der Waals surface area contributed by atoms with Crippen LogP contribution in [0.2, 0.25) is 0 Å². The van der Waals surface area contributed by atoms with E-state index in [9.17, 15) is 9.59 Å². The Labute approximate surface area is 161 Å². The van der Waals surface area contributed by atoms with Crippen LogP contribution in [0.15, 0.2) is 42.7 Å². The number of amides is 1. The molecule has 4 rings (SSSR count). The minimum absolute atomic E-state index is 0.147. The van der Waals surface area contributed by atoms with Gasteiger partial charge in [0, 0.05) is 23.8 Å². The summed E-state index contributed by atoms with van der Waals surface area (Å²) in [4.78, 5) is 31.8. The first kappa shape index (κ1) is 18.0. The van der Waals surface area contributed by atoms with Gasteiger partial charge in [-0.3, -0.25) is 9.59 Å². The second kappa shape index (κ2) is 7.30. The maximum Gasteiger partial charge on any atom is 0.306 e. The lowest BCUT2D eigenvalue weighted by atomic mass is 9.86. The summed E-state index contributed by atoms with van der Waals surface area (Å²) in [5, 5.41) is 13.2. The molecular formula is C20H21N5O3. The molecule has 28 heavy (non-hydrogen) atoms. The number of carboxylic acids is 1. The maximum absolute atomic E-state index is 11.8. The highest BCUT2D eigenvalue weighted by atomic mass is 16.4. The van der Waals surface area contributed by atoms with E-state index in [2.05, 4.69) is 15.3 Å². The first-order valence-electron chi connectivity index (χ1n) is 9.25. The Balaban J connectivity index is 1.59. The van der Waals surface area contributed by atoms with Crippen molar-refractivity contribution >= 4 is 28.7 Å². The van der Waals surface area contributed by atoms with Crippen LogP contribution in [0.1, 0.15) is 36.0 Å². The minimum Gasteiger partial charge on any atom is -0.481 e. The molecule has 0 spiro atoms. The summed E-state index contributed by atoms with van der Waals surface area (Å²) in [5.74, 6) is -0.363. The van der Waals surface area contributed by atoms with Crippen molar-refractivity contribution in [1.82, 2.24) is 14.5 Å². The van der Waals surface area contributed by atoms with Gasteiger partial charge < -0.3 is 20.7 Å². The highest BCUT2D eigenvalue weighted by Crippen LogP contribution is 2.27. The van der Waals surface area contributed by atoms with Gasteiger partial charge in [0.1, 0.15) is 5.82 Å². The second-order valence-electron chi connectivity index (χ2n) is 7.06. The number of aromatic nitrogens is 3. The number of carboxylic acid groups (broad SMARTS) is 1. The summed E-state index contributed by atoms with van der Waals surface area (Å²) in [6.07, 6.45) is 6.18. The van der Waals surface area contributed by atoms with Crippen LogP contribution >= 0.6 is 0 Å². The molecule has 0 unspecified atom stereocenters. The average molecular weight is 379 g/mol. The van der Waals surface area contributed by atoms with Crippen molar-refractivity contribution in [2.24, 2.45) is 11.7 Å². The lowest BCUT2D eigenvalue weighted by Gasteiger charge is -2.26. The van der Waals surface area contributed by atoms with Gasteiger partial charge in [-0.2, -0.15) is 4.98 Å². The van der Waals surface area contributed by atoms with Crippen molar-refractivity contribution in [2.45, 2.75) is 31.7 Å². The van der Waals surface area contributed by atoms with E-state index in [4.69, 9.17) is 10.8 Å². The third-order valence-electron chi connectivity index (χ3n) is 5.27. The topological polar surface area (TPSA) is 123 Å². The third-order valence-corrected chi connectivity index (χ3v) is 5.27. The van der Waals surface area contributed by atoms with Gasteiger partial charge in [0.05, 0.1) is 17.0 Å². The van der Waals surface area contributed by atoms with Gasteiger partial charge in [-0.25, -0.2) is 4.98 Å². The third kappa shape index (κ3) is 3.40. The summed E-state index contributed by atoms with van der Waals surface area (Å²) in [5.41, 5.74) is 6.79. The van der Waals surface area contributed by atoms with Crippen LogP contribution in [0.5, 0.6) is 0 Å². The van der Waals surface area contributed by atoms with Gasteiger partial charge in [0.2, 0.25) is 5.95 Å². The van der Waals surface area contributed by atoms with Gasteiger partial charge in [-0.05, 0) is 37.8 Å². The Morgan fingerprint density at radius 2 is 1.89 bits per heavy atom. The number of hydrogen-bond acceptors (Lipinski definition) is 5. The molecular weight excluding hydrogens is 358 g/mol. The van der Waals surface area contributed by atoms with Crippen LogP contribution in [0.25, 0.3) is 16.7 Å². The molecule has 1 fully saturated rings. The molecule has 0 saturated heterocycles. The Morgan fingerprint density at radius 1 is 1.14 bits per heavy atom. The molecule has 1 aliphatic carbocycles. The second-order valence-corrected chi connectivity index (χ2v) is 7.06. The van der Waals surface area contributed by atoms with E-state index >= 15 is 0 Å². The van der Waals surface area contributed by atoms with Crippen molar-refractivity contribution in [3.05, 3.63) is 48.3 Å². The van der Waals surface area contributed by atoms with Crippen LogP contribution in [-0.2, 0) is 4.79 Å². The molecule has 8 nitrogen and oxygen atoms in total. The van der Waals surface area contributed by atoms with Gasteiger partial charge in [0.15, 0.2) is 0 Å². The fourth-order valence-electron chi connectivity index (χ4n) is 3.79. The molecule has 8 heteroatoms. The standard InChI is InChI=1S/C20H21N5O3/c21-18(26)15-11-25(16-4-2-1-3-14(15)16)17-9-10-22-20(24-17)23-13-7-5-12(6-8-13)19(27)28/h1-4,9-13H,5-8H2,(H2,21,26)(H,27,28)(H,22,23,24). The number of rotatable bonds is 5. The summed E-state index contributed by atoms with van der Waals surface area (Å²) < 4.78 is 1.82. The van der Waals surface area contributed by atoms with Crippen LogP contribution < -0.4 is 11.1 Å². The van der Waals surface area contributed by atoms with Gasteiger partial charge in [0.25, 0.3) is 5.91 Å². The van der Waals surface area contributed by atoms with Crippen molar-refractivity contribution in [3.63, 3.8) is 0 Å². The zero-order valence-corrected chi connectivity index (χ0v) is 15.2. The van der Waals surface area contributed by atoms with Gasteiger partial charge in [-0.15, -0.1) is 0 Å². The first-order chi connectivity index (χ1) is 13.5. The smallest absolute Gasteiger partial charge is 0.306 e. The lowest BCUT2D eigenvalue weighted by Crippen LogP contribution is -2.29. The molecule has 1 aromatic carbocycles. The first-order valence-corrected chi connectivity index (χ1v) is 9.25.